The van der Waals surface area contributed by atoms with Gasteiger partial charge in [-0.2, -0.15) is 0 Å². The van der Waals surface area contributed by atoms with Crippen LogP contribution in [-0.4, -0.2) is 25.0 Å². The molecule has 2 aromatic rings. The molecule has 1 aliphatic heterocycles. The lowest BCUT2D eigenvalue weighted by Crippen LogP contribution is -2.31. The molecule has 0 aliphatic carbocycles. The van der Waals surface area contributed by atoms with Gasteiger partial charge in [-0.15, -0.1) is 24.8 Å². The van der Waals surface area contributed by atoms with E-state index in [0.717, 1.165) is 12.8 Å². The molecule has 1 amide bonds. The molecule has 0 bridgehead atoms. The van der Waals surface area contributed by atoms with Crippen LogP contribution >= 0.6 is 24.8 Å². The number of hydrogen-bond acceptors (Lipinski definition) is 4. The van der Waals surface area contributed by atoms with Crippen molar-refractivity contribution in [3.8, 4) is 0 Å². The van der Waals surface area contributed by atoms with Crippen molar-refractivity contribution in [3.63, 3.8) is 0 Å². The normalized spacial score (nSPS) is 15.1. The molecule has 138 valence electrons. The zero-order valence-electron chi connectivity index (χ0n) is 14.2. The minimum Gasteiger partial charge on any atom is -0.467 e. The molecular formula is C18H25Cl2N3O2. The lowest BCUT2D eigenvalue weighted by molar-refractivity contribution is 0.0951. The first-order valence-electron chi connectivity index (χ1n) is 8.10. The van der Waals surface area contributed by atoms with E-state index >= 15 is 0 Å². The lowest BCUT2D eigenvalue weighted by Gasteiger charge is -2.24. The molecule has 3 rings (SSSR count). The van der Waals surface area contributed by atoms with Crippen LogP contribution in [0.1, 0.15) is 35.0 Å². The summed E-state index contributed by atoms with van der Waals surface area (Å²) in [6, 6.07) is 10.5. The van der Waals surface area contributed by atoms with Gasteiger partial charge in [-0.25, -0.2) is 0 Å². The van der Waals surface area contributed by atoms with E-state index in [1.54, 1.807) is 12.3 Å². The molecule has 1 aromatic heterocycles. The topological polar surface area (TPSA) is 71.5 Å². The van der Waals surface area contributed by atoms with E-state index in [2.05, 4.69) is 35.3 Å². The summed E-state index contributed by atoms with van der Waals surface area (Å²) in [5.74, 6) is 0.612. The molecule has 1 aromatic carbocycles. The fourth-order valence-electron chi connectivity index (χ4n) is 3.09. The number of fused-ring (bicyclic) bond motifs is 1. The second-order valence-corrected chi connectivity index (χ2v) is 5.97. The summed E-state index contributed by atoms with van der Waals surface area (Å²) in [6.07, 6.45) is 3.38. The van der Waals surface area contributed by atoms with Crippen LogP contribution in [0.2, 0.25) is 0 Å². The van der Waals surface area contributed by atoms with Crippen LogP contribution in [0, 0.1) is 0 Å². The van der Waals surface area contributed by atoms with Crippen LogP contribution in [0.15, 0.2) is 41.0 Å². The summed E-state index contributed by atoms with van der Waals surface area (Å²) in [7, 11) is 0. The average Bonchev–Trinajstić information content (AvgIpc) is 3.13. The third kappa shape index (κ3) is 4.69. The maximum atomic E-state index is 12.3. The molecule has 25 heavy (non-hydrogen) atoms. The summed E-state index contributed by atoms with van der Waals surface area (Å²) in [4.78, 5) is 14.6. The number of benzene rings is 1. The van der Waals surface area contributed by atoms with E-state index in [-0.39, 0.29) is 30.7 Å². The number of nitrogens with one attached hydrogen (secondary N) is 1. The maximum Gasteiger partial charge on any atom is 0.254 e. The van der Waals surface area contributed by atoms with Crippen molar-refractivity contribution < 1.29 is 9.21 Å². The van der Waals surface area contributed by atoms with E-state index in [1.807, 2.05) is 6.07 Å². The van der Waals surface area contributed by atoms with E-state index in [1.165, 1.54) is 11.3 Å². The number of carbonyl (C=O) groups is 1. The number of para-hydroxylation sites is 1. The van der Waals surface area contributed by atoms with Gasteiger partial charge < -0.3 is 20.4 Å². The van der Waals surface area contributed by atoms with Gasteiger partial charge in [0.2, 0.25) is 0 Å². The van der Waals surface area contributed by atoms with Gasteiger partial charge in [-0.3, -0.25) is 4.79 Å². The van der Waals surface area contributed by atoms with Crippen LogP contribution in [0.3, 0.4) is 0 Å². The third-order valence-electron chi connectivity index (χ3n) is 4.32. The monoisotopic (exact) mass is 385 g/mol. The Labute approximate surface area is 160 Å². The number of rotatable bonds is 6. The van der Waals surface area contributed by atoms with Crippen molar-refractivity contribution in [2.45, 2.75) is 32.4 Å². The second kappa shape index (κ2) is 9.70. The van der Waals surface area contributed by atoms with Crippen LogP contribution in [0.5, 0.6) is 0 Å². The number of anilines is 1. The first kappa shape index (κ1) is 21.4. The molecule has 0 saturated carbocycles. The fraction of sp³-hybridized carbons (Fsp3) is 0.389. The van der Waals surface area contributed by atoms with E-state index in [4.69, 9.17) is 10.2 Å². The van der Waals surface area contributed by atoms with Crippen molar-refractivity contribution in [2.75, 3.05) is 18.0 Å². The minimum absolute atomic E-state index is 0. The number of amides is 1. The molecule has 2 heterocycles. The number of hydrogen-bond donors (Lipinski definition) is 2. The SMILES string of the molecule is CC1Cc2ccccc2N1Cc1occc1C(=O)NCCCN.Cl.Cl. The maximum absolute atomic E-state index is 12.3. The number of carbonyl (C=O) groups excluding carboxylic acids is 1. The minimum atomic E-state index is -0.0951. The summed E-state index contributed by atoms with van der Waals surface area (Å²) in [6.45, 7) is 3.96. The van der Waals surface area contributed by atoms with Crippen LogP contribution < -0.4 is 16.0 Å². The average molecular weight is 386 g/mol. The van der Waals surface area contributed by atoms with Gasteiger partial charge in [-0.05, 0) is 44.0 Å². The van der Waals surface area contributed by atoms with Gasteiger partial charge >= 0.3 is 0 Å². The van der Waals surface area contributed by atoms with Gasteiger partial charge in [0, 0.05) is 18.3 Å². The van der Waals surface area contributed by atoms with Gasteiger partial charge in [0.1, 0.15) is 5.76 Å². The van der Waals surface area contributed by atoms with E-state index in [0.29, 0.717) is 37.0 Å². The highest BCUT2D eigenvalue weighted by atomic mass is 35.5. The quantitative estimate of drug-likeness (QED) is 0.749. The zero-order valence-corrected chi connectivity index (χ0v) is 15.9. The smallest absolute Gasteiger partial charge is 0.254 e. The third-order valence-corrected chi connectivity index (χ3v) is 4.32. The van der Waals surface area contributed by atoms with Crippen molar-refractivity contribution in [2.24, 2.45) is 5.73 Å². The Kier molecular flexibility index (Phi) is 8.29. The molecule has 1 atom stereocenters. The lowest BCUT2D eigenvalue weighted by atomic mass is 10.1. The Morgan fingerprint density at radius 1 is 1.32 bits per heavy atom. The summed E-state index contributed by atoms with van der Waals surface area (Å²) >= 11 is 0. The van der Waals surface area contributed by atoms with Crippen molar-refractivity contribution in [1.82, 2.24) is 5.32 Å². The molecule has 5 nitrogen and oxygen atoms in total. The van der Waals surface area contributed by atoms with Crippen molar-refractivity contribution in [1.29, 1.82) is 0 Å². The van der Waals surface area contributed by atoms with Gasteiger partial charge in [-0.1, -0.05) is 18.2 Å². The fourth-order valence-corrected chi connectivity index (χ4v) is 3.09. The van der Waals surface area contributed by atoms with Crippen LogP contribution in [0.25, 0.3) is 0 Å². The molecule has 0 spiro atoms. The van der Waals surface area contributed by atoms with Crippen LogP contribution in [0.4, 0.5) is 5.69 Å². The first-order valence-corrected chi connectivity index (χ1v) is 8.10. The molecule has 7 heteroatoms. The highest BCUT2D eigenvalue weighted by Gasteiger charge is 2.27. The predicted octanol–water partition coefficient (Wildman–Crippen LogP) is 3.15. The van der Waals surface area contributed by atoms with Crippen molar-refractivity contribution in [3.05, 3.63) is 53.5 Å². The largest absolute Gasteiger partial charge is 0.467 e. The van der Waals surface area contributed by atoms with E-state index in [9.17, 15) is 4.79 Å². The molecule has 0 saturated heterocycles. The molecule has 0 radical (unpaired) electrons. The molecule has 1 aliphatic rings. The summed E-state index contributed by atoms with van der Waals surface area (Å²) in [5, 5.41) is 2.88. The second-order valence-electron chi connectivity index (χ2n) is 5.97. The Balaban J connectivity index is 0.00000156. The van der Waals surface area contributed by atoms with E-state index < -0.39 is 0 Å². The number of nitrogens with zero attached hydrogens (tertiary/aromatic N) is 1. The van der Waals surface area contributed by atoms with Gasteiger partial charge in [0.15, 0.2) is 0 Å². The molecule has 1 unspecified atom stereocenters. The highest BCUT2D eigenvalue weighted by Crippen LogP contribution is 2.33. The standard InChI is InChI=1S/C18H23N3O2.2ClH/c1-13-11-14-5-2-3-6-16(14)21(13)12-17-15(7-10-23-17)18(22)20-9-4-8-19;;/h2-3,5-7,10,13H,4,8-9,11-12,19H2,1H3,(H,20,22);2*1H. The highest BCUT2D eigenvalue weighted by molar-refractivity contribution is 5.95. The Hall–Kier alpha value is -1.69. The Morgan fingerprint density at radius 2 is 2.08 bits per heavy atom. The number of halogens is 2. The van der Waals surface area contributed by atoms with Gasteiger partial charge in [0.25, 0.3) is 5.91 Å². The first-order chi connectivity index (χ1) is 11.2. The van der Waals surface area contributed by atoms with Crippen molar-refractivity contribution >= 4 is 36.4 Å². The van der Waals surface area contributed by atoms with Gasteiger partial charge in [0.05, 0.1) is 18.4 Å². The number of nitrogens with two attached hydrogens (primary N) is 1. The molecular weight excluding hydrogens is 361 g/mol. The number of furan rings is 1. The zero-order chi connectivity index (χ0) is 16.2. The Morgan fingerprint density at radius 3 is 2.84 bits per heavy atom. The predicted molar refractivity (Wildman–Crippen MR) is 105 cm³/mol. The summed E-state index contributed by atoms with van der Waals surface area (Å²) < 4.78 is 5.59. The van der Waals surface area contributed by atoms with Crippen LogP contribution in [-0.2, 0) is 13.0 Å². The molecule has 0 fully saturated rings. The summed E-state index contributed by atoms with van der Waals surface area (Å²) in [5.41, 5.74) is 8.64. The Bertz CT molecular complexity index is 690. The molecule has 3 N–H and O–H groups in total.